The lowest BCUT2D eigenvalue weighted by Crippen LogP contribution is -2.14. The number of benzene rings is 4. The molecule has 0 amide bonds. The molecule has 1 heterocycles. The first-order valence-corrected chi connectivity index (χ1v) is 11.1. The van der Waals surface area contributed by atoms with Crippen molar-refractivity contribution in [1.82, 2.24) is 0 Å². The monoisotopic (exact) mass is 434 g/mol. The molecule has 5 rings (SSSR count). The van der Waals surface area contributed by atoms with E-state index in [1.165, 1.54) is 17.2 Å². The quantitative estimate of drug-likeness (QED) is 0.277. The fourth-order valence-corrected chi connectivity index (χ4v) is 3.72. The van der Waals surface area contributed by atoms with Gasteiger partial charge in [-0.1, -0.05) is 97.1 Å². The molecule has 1 unspecified atom stereocenters. The van der Waals surface area contributed by atoms with E-state index in [9.17, 15) is 9.90 Å². The molecular weight excluding hydrogens is 408 g/mol. The third kappa shape index (κ3) is 5.98. The second-order valence-corrected chi connectivity index (χ2v) is 7.79. The molecule has 33 heavy (non-hydrogen) atoms. The smallest absolute Gasteiger partial charge is 0.185 e. The number of aromatic hydroxyl groups is 1. The number of fused-ring (bicyclic) bond motifs is 1. The molecule has 3 nitrogen and oxygen atoms in total. The Morgan fingerprint density at radius 3 is 2.18 bits per heavy atom. The van der Waals surface area contributed by atoms with Crippen LogP contribution in [-0.4, -0.2) is 10.9 Å². The van der Waals surface area contributed by atoms with Gasteiger partial charge >= 0.3 is 0 Å². The summed E-state index contributed by atoms with van der Waals surface area (Å²) in [5.74, 6) is 1.14. The van der Waals surface area contributed by atoms with Crippen molar-refractivity contribution in [2.75, 3.05) is 0 Å². The van der Waals surface area contributed by atoms with Crippen LogP contribution in [0.1, 0.15) is 39.6 Å². The van der Waals surface area contributed by atoms with E-state index in [0.29, 0.717) is 11.1 Å². The largest absolute Gasteiger partial charge is 0.507 e. The van der Waals surface area contributed by atoms with Gasteiger partial charge in [-0.25, -0.2) is 0 Å². The highest BCUT2D eigenvalue weighted by atomic mass is 16.5. The number of para-hydroxylation sites is 2. The standard InChI is InChI=1S/C15H12O2.C15H14O/c16-14-9-5-4-8-13(14)10-11-15(17)12-6-2-1-3-7-12;1-2-6-12(7-3-1)15-11-10-13-8-4-5-9-14(13)16-15/h1-11,16H;1-9,15H,10-11H2. The molecular formula is C30H26O3. The van der Waals surface area contributed by atoms with Gasteiger partial charge in [-0.3, -0.25) is 4.79 Å². The van der Waals surface area contributed by atoms with Gasteiger partial charge in [0.1, 0.15) is 17.6 Å². The first kappa shape index (κ1) is 22.1. The lowest BCUT2D eigenvalue weighted by Gasteiger charge is -2.26. The summed E-state index contributed by atoms with van der Waals surface area (Å²) < 4.78 is 6.02. The number of allylic oxidation sites excluding steroid dienone is 1. The normalized spacial score (nSPS) is 14.5. The molecule has 3 heteroatoms. The Kier molecular flexibility index (Phi) is 7.34. The van der Waals surface area contributed by atoms with E-state index in [1.54, 1.807) is 36.4 Å². The molecule has 1 aliphatic rings. The molecule has 0 aromatic heterocycles. The molecule has 0 aliphatic carbocycles. The second kappa shape index (κ2) is 11.0. The van der Waals surface area contributed by atoms with Crippen molar-refractivity contribution in [2.45, 2.75) is 18.9 Å². The fraction of sp³-hybridized carbons (Fsp3) is 0.100. The average Bonchev–Trinajstić information content (AvgIpc) is 2.89. The van der Waals surface area contributed by atoms with E-state index in [-0.39, 0.29) is 17.6 Å². The third-order valence-electron chi connectivity index (χ3n) is 5.50. The minimum absolute atomic E-state index is 0.0751. The van der Waals surface area contributed by atoms with Gasteiger partial charge in [-0.05, 0) is 48.3 Å². The van der Waals surface area contributed by atoms with Crippen LogP contribution in [0.2, 0.25) is 0 Å². The lowest BCUT2D eigenvalue weighted by atomic mass is 9.98. The molecule has 1 atom stereocenters. The molecule has 1 N–H and O–H groups in total. The molecule has 1 aliphatic heterocycles. The van der Waals surface area contributed by atoms with Crippen molar-refractivity contribution < 1.29 is 14.6 Å². The van der Waals surface area contributed by atoms with Crippen LogP contribution in [0.4, 0.5) is 0 Å². The fourth-order valence-electron chi connectivity index (χ4n) is 3.72. The van der Waals surface area contributed by atoms with Gasteiger partial charge < -0.3 is 9.84 Å². The number of hydrogen-bond acceptors (Lipinski definition) is 3. The van der Waals surface area contributed by atoms with Gasteiger partial charge in [0.15, 0.2) is 5.78 Å². The summed E-state index contributed by atoms with van der Waals surface area (Å²) in [6.07, 6.45) is 5.47. The minimum atomic E-state index is -0.0751. The van der Waals surface area contributed by atoms with E-state index in [0.717, 1.165) is 18.6 Å². The van der Waals surface area contributed by atoms with Crippen LogP contribution < -0.4 is 4.74 Å². The molecule has 0 saturated carbocycles. The Labute approximate surface area is 194 Å². The number of ketones is 1. The van der Waals surface area contributed by atoms with Gasteiger partial charge in [0, 0.05) is 11.1 Å². The maximum atomic E-state index is 11.8. The van der Waals surface area contributed by atoms with Crippen LogP contribution in [0.15, 0.2) is 115 Å². The number of rotatable bonds is 4. The Hall–Kier alpha value is -4.11. The summed E-state index contributed by atoms with van der Waals surface area (Å²) in [4.78, 5) is 11.8. The number of ether oxygens (including phenoxy) is 1. The topological polar surface area (TPSA) is 46.5 Å². The molecule has 0 saturated heterocycles. The van der Waals surface area contributed by atoms with E-state index in [2.05, 4.69) is 42.5 Å². The highest BCUT2D eigenvalue weighted by molar-refractivity contribution is 6.06. The van der Waals surface area contributed by atoms with Crippen LogP contribution in [0.3, 0.4) is 0 Å². The van der Waals surface area contributed by atoms with Gasteiger partial charge in [-0.2, -0.15) is 0 Å². The maximum Gasteiger partial charge on any atom is 0.185 e. The Morgan fingerprint density at radius 1 is 0.788 bits per heavy atom. The zero-order chi connectivity index (χ0) is 22.9. The molecule has 0 radical (unpaired) electrons. The van der Waals surface area contributed by atoms with Crippen molar-refractivity contribution in [2.24, 2.45) is 0 Å². The van der Waals surface area contributed by atoms with Crippen LogP contribution in [0, 0.1) is 0 Å². The van der Waals surface area contributed by atoms with Gasteiger partial charge in [0.05, 0.1) is 0 Å². The van der Waals surface area contributed by atoms with Gasteiger partial charge in [0.25, 0.3) is 0 Å². The summed E-state index contributed by atoms with van der Waals surface area (Å²) >= 11 is 0. The summed E-state index contributed by atoms with van der Waals surface area (Å²) in [6.45, 7) is 0. The summed E-state index contributed by atoms with van der Waals surface area (Å²) in [5.41, 5.74) is 3.88. The molecule has 0 bridgehead atoms. The zero-order valence-corrected chi connectivity index (χ0v) is 18.3. The molecule has 4 aromatic carbocycles. The van der Waals surface area contributed by atoms with Crippen LogP contribution >= 0.6 is 0 Å². The maximum absolute atomic E-state index is 11.8. The first-order chi connectivity index (χ1) is 16.2. The molecule has 0 fully saturated rings. The van der Waals surface area contributed by atoms with Crippen molar-refractivity contribution >= 4 is 11.9 Å². The molecule has 164 valence electrons. The van der Waals surface area contributed by atoms with Crippen molar-refractivity contribution in [3.8, 4) is 11.5 Å². The van der Waals surface area contributed by atoms with E-state index < -0.39 is 0 Å². The van der Waals surface area contributed by atoms with Crippen LogP contribution in [0.25, 0.3) is 6.08 Å². The predicted octanol–water partition coefficient (Wildman–Crippen LogP) is 7.04. The number of aryl methyl sites for hydroxylation is 1. The minimum Gasteiger partial charge on any atom is -0.507 e. The highest BCUT2D eigenvalue weighted by Gasteiger charge is 2.20. The molecule has 0 spiro atoms. The van der Waals surface area contributed by atoms with E-state index >= 15 is 0 Å². The third-order valence-corrected chi connectivity index (χ3v) is 5.50. The number of carbonyl (C=O) groups is 1. The molecule has 4 aromatic rings. The number of carbonyl (C=O) groups excluding carboxylic acids is 1. The van der Waals surface area contributed by atoms with E-state index in [1.807, 2.05) is 36.4 Å². The van der Waals surface area contributed by atoms with Crippen LogP contribution in [0.5, 0.6) is 11.5 Å². The van der Waals surface area contributed by atoms with Gasteiger partial charge in [0.2, 0.25) is 0 Å². The van der Waals surface area contributed by atoms with Crippen molar-refractivity contribution in [3.63, 3.8) is 0 Å². The lowest BCUT2D eigenvalue weighted by molar-refractivity contribution is 0.104. The first-order valence-electron chi connectivity index (χ1n) is 11.1. The predicted molar refractivity (Wildman–Crippen MR) is 132 cm³/mol. The number of phenolic OH excluding ortho intramolecular Hbond substituents is 1. The number of hydrogen-bond donors (Lipinski definition) is 1. The average molecular weight is 435 g/mol. The highest BCUT2D eigenvalue weighted by Crippen LogP contribution is 2.34. The Balaban J connectivity index is 0.000000157. The summed E-state index contributed by atoms with van der Waals surface area (Å²) in [5, 5.41) is 9.53. The summed E-state index contributed by atoms with van der Waals surface area (Å²) in [7, 11) is 0. The SMILES string of the molecule is O=C(C=Cc1ccccc1O)c1ccccc1.c1ccc(C2CCc3ccccc3O2)cc1. The second-order valence-electron chi connectivity index (χ2n) is 7.79. The van der Waals surface area contributed by atoms with Gasteiger partial charge in [-0.15, -0.1) is 0 Å². The Bertz CT molecular complexity index is 1210. The Morgan fingerprint density at radius 2 is 1.42 bits per heavy atom. The number of phenols is 1. The van der Waals surface area contributed by atoms with E-state index in [4.69, 9.17) is 4.74 Å². The van der Waals surface area contributed by atoms with Crippen molar-refractivity contribution in [1.29, 1.82) is 0 Å². The van der Waals surface area contributed by atoms with Crippen molar-refractivity contribution in [3.05, 3.63) is 138 Å². The summed E-state index contributed by atoms with van der Waals surface area (Å²) in [6, 6.07) is 34.7. The van der Waals surface area contributed by atoms with Crippen LogP contribution in [-0.2, 0) is 6.42 Å². The zero-order valence-electron chi connectivity index (χ0n) is 18.3.